The molecule has 2 rings (SSSR count). The number of ether oxygens (including phenoxy) is 1. The van der Waals surface area contributed by atoms with Crippen molar-refractivity contribution in [1.29, 1.82) is 0 Å². The molecule has 1 aromatic rings. The van der Waals surface area contributed by atoms with Crippen molar-refractivity contribution >= 4 is 33.6 Å². The van der Waals surface area contributed by atoms with Gasteiger partial charge in [0.15, 0.2) is 5.75 Å². The summed E-state index contributed by atoms with van der Waals surface area (Å²) in [6.07, 6.45) is -4.87. The van der Waals surface area contributed by atoms with Crippen LogP contribution < -0.4 is 15.0 Å². The lowest BCUT2D eigenvalue weighted by molar-refractivity contribution is -0.274. The van der Waals surface area contributed by atoms with Crippen LogP contribution in [0.25, 0.3) is 0 Å². The third-order valence-corrected chi connectivity index (χ3v) is 2.99. The quantitative estimate of drug-likeness (QED) is 0.890. The molecule has 0 spiro atoms. The zero-order valence-electron chi connectivity index (χ0n) is 9.83. The molecule has 1 N–H and O–H groups in total. The Bertz CT molecular complexity index is 562. The summed E-state index contributed by atoms with van der Waals surface area (Å²) in [5.41, 5.74) is -0.0597. The predicted molar refractivity (Wildman–Crippen MR) is 66.3 cm³/mol. The van der Waals surface area contributed by atoms with Gasteiger partial charge in [-0.2, -0.15) is 0 Å². The number of rotatable bonds is 2. The first-order chi connectivity index (χ1) is 9.26. The maximum Gasteiger partial charge on any atom is 0.573 e. The van der Waals surface area contributed by atoms with Crippen LogP contribution in [0.3, 0.4) is 0 Å². The number of nitrogens with zero attached hydrogens (tertiary/aromatic N) is 1. The van der Waals surface area contributed by atoms with Gasteiger partial charge in [0.25, 0.3) is 0 Å². The first kappa shape index (κ1) is 14.6. The van der Waals surface area contributed by atoms with Gasteiger partial charge in [-0.3, -0.25) is 15.0 Å². The summed E-state index contributed by atoms with van der Waals surface area (Å²) in [4.78, 5) is 23.7. The molecule has 20 heavy (non-hydrogen) atoms. The number of anilines is 1. The number of urea groups is 1. The number of benzene rings is 1. The highest BCUT2D eigenvalue weighted by atomic mass is 79.9. The normalized spacial score (nSPS) is 16.1. The van der Waals surface area contributed by atoms with Gasteiger partial charge in [0.05, 0.1) is 5.69 Å². The summed E-state index contributed by atoms with van der Waals surface area (Å²) in [6.45, 7) is -0.0134. The molecule has 1 aromatic carbocycles. The number of imide groups is 1. The molecule has 108 valence electrons. The number of halogens is 4. The van der Waals surface area contributed by atoms with Gasteiger partial charge < -0.3 is 4.74 Å². The first-order valence-corrected chi connectivity index (χ1v) is 6.22. The van der Waals surface area contributed by atoms with Crippen LogP contribution in [0, 0.1) is 0 Å². The highest BCUT2D eigenvalue weighted by Crippen LogP contribution is 2.35. The second-order valence-corrected chi connectivity index (χ2v) is 4.83. The molecule has 0 atom stereocenters. The van der Waals surface area contributed by atoms with Crippen molar-refractivity contribution in [1.82, 2.24) is 5.32 Å². The molecule has 9 heteroatoms. The highest BCUT2D eigenvalue weighted by Gasteiger charge is 2.34. The lowest BCUT2D eigenvalue weighted by Gasteiger charge is -2.28. The van der Waals surface area contributed by atoms with Crippen molar-refractivity contribution in [3.63, 3.8) is 0 Å². The van der Waals surface area contributed by atoms with Crippen molar-refractivity contribution in [2.75, 3.05) is 11.4 Å². The largest absolute Gasteiger partial charge is 0.573 e. The Balaban J connectivity index is 2.35. The van der Waals surface area contributed by atoms with Crippen LogP contribution in [0.5, 0.6) is 5.75 Å². The minimum absolute atomic E-state index is 0.00720. The molecule has 1 aliphatic rings. The fraction of sp³-hybridized carbons (Fsp3) is 0.273. The molecule has 0 aliphatic carbocycles. The molecular formula is C11H8BrF3N2O3. The maximum absolute atomic E-state index is 12.4. The van der Waals surface area contributed by atoms with Crippen LogP contribution in [0.15, 0.2) is 22.7 Å². The fourth-order valence-corrected chi connectivity index (χ4v) is 2.05. The molecule has 1 heterocycles. The number of alkyl halides is 3. The summed E-state index contributed by atoms with van der Waals surface area (Å²) < 4.78 is 41.4. The third kappa shape index (κ3) is 3.41. The van der Waals surface area contributed by atoms with Crippen molar-refractivity contribution in [2.24, 2.45) is 0 Å². The third-order valence-electron chi connectivity index (χ3n) is 2.49. The topological polar surface area (TPSA) is 58.6 Å². The molecule has 1 aliphatic heterocycles. The molecule has 0 aromatic heterocycles. The minimum atomic E-state index is -4.88. The molecular weight excluding hydrogens is 345 g/mol. The molecule has 0 radical (unpaired) electrons. The van der Waals surface area contributed by atoms with E-state index in [0.717, 1.165) is 11.0 Å². The van der Waals surface area contributed by atoms with Crippen LogP contribution in [0.1, 0.15) is 6.42 Å². The average Bonchev–Trinajstić information content (AvgIpc) is 2.28. The molecule has 1 saturated heterocycles. The monoisotopic (exact) mass is 352 g/mol. The fourth-order valence-electron chi connectivity index (χ4n) is 1.71. The first-order valence-electron chi connectivity index (χ1n) is 5.43. The van der Waals surface area contributed by atoms with Crippen molar-refractivity contribution in [3.8, 4) is 5.75 Å². The van der Waals surface area contributed by atoms with E-state index < -0.39 is 24.1 Å². The van der Waals surface area contributed by atoms with Crippen molar-refractivity contribution in [2.45, 2.75) is 12.8 Å². The standard InChI is InChI=1S/C11H8BrF3N2O3/c12-6-1-2-7(8(5-6)20-11(13,14)15)17-4-3-9(18)16-10(17)19/h1-2,5H,3-4H2,(H,16,18,19). The summed E-state index contributed by atoms with van der Waals surface area (Å²) in [5, 5.41) is 2.03. The zero-order valence-corrected chi connectivity index (χ0v) is 11.4. The van der Waals surface area contributed by atoms with E-state index in [9.17, 15) is 22.8 Å². The summed E-state index contributed by atoms with van der Waals surface area (Å²) in [6, 6.07) is 3.10. The van der Waals surface area contributed by atoms with Crippen LogP contribution in [0.2, 0.25) is 0 Å². The van der Waals surface area contributed by atoms with Gasteiger partial charge in [-0.25, -0.2) is 4.79 Å². The summed E-state index contributed by atoms with van der Waals surface area (Å²) in [5.74, 6) is -0.988. The average molecular weight is 353 g/mol. The Labute approximate surface area is 119 Å². The van der Waals surface area contributed by atoms with Gasteiger partial charge >= 0.3 is 12.4 Å². The molecule has 0 bridgehead atoms. The number of carbonyl (C=O) groups is 2. The molecule has 3 amide bonds. The molecule has 0 unspecified atom stereocenters. The van der Waals surface area contributed by atoms with Gasteiger partial charge in [0.1, 0.15) is 0 Å². The summed E-state index contributed by atoms with van der Waals surface area (Å²) in [7, 11) is 0. The Morgan fingerprint density at radius 3 is 2.60 bits per heavy atom. The van der Waals surface area contributed by atoms with Crippen molar-refractivity contribution < 1.29 is 27.5 Å². The number of hydrogen-bond donors (Lipinski definition) is 1. The number of amides is 3. The Morgan fingerprint density at radius 2 is 2.00 bits per heavy atom. The highest BCUT2D eigenvalue weighted by molar-refractivity contribution is 9.10. The lowest BCUT2D eigenvalue weighted by Crippen LogP contribution is -2.49. The van der Waals surface area contributed by atoms with E-state index in [2.05, 4.69) is 20.7 Å². The van der Waals surface area contributed by atoms with Crippen LogP contribution in [-0.2, 0) is 4.79 Å². The van der Waals surface area contributed by atoms with Gasteiger partial charge in [0, 0.05) is 17.4 Å². The van der Waals surface area contributed by atoms with Crippen LogP contribution in [0.4, 0.5) is 23.7 Å². The molecule has 1 fully saturated rings. The lowest BCUT2D eigenvalue weighted by atomic mass is 10.2. The van der Waals surface area contributed by atoms with Gasteiger partial charge in [-0.1, -0.05) is 15.9 Å². The van der Waals surface area contributed by atoms with Crippen LogP contribution >= 0.6 is 15.9 Å². The van der Waals surface area contributed by atoms with E-state index in [-0.39, 0.29) is 18.7 Å². The van der Waals surface area contributed by atoms with Crippen molar-refractivity contribution in [3.05, 3.63) is 22.7 Å². The van der Waals surface area contributed by atoms with E-state index in [4.69, 9.17) is 0 Å². The van der Waals surface area contributed by atoms with E-state index in [1.807, 2.05) is 5.32 Å². The SMILES string of the molecule is O=C1CCN(c2ccc(Br)cc2OC(F)(F)F)C(=O)N1. The van der Waals surface area contributed by atoms with E-state index in [0.29, 0.717) is 4.47 Å². The number of carbonyl (C=O) groups excluding carboxylic acids is 2. The van der Waals surface area contributed by atoms with E-state index in [1.165, 1.54) is 12.1 Å². The Morgan fingerprint density at radius 1 is 1.30 bits per heavy atom. The van der Waals surface area contributed by atoms with Gasteiger partial charge in [-0.15, -0.1) is 13.2 Å². The predicted octanol–water partition coefficient (Wildman–Crippen LogP) is 2.79. The summed E-state index contributed by atoms with van der Waals surface area (Å²) >= 11 is 3.03. The smallest absolute Gasteiger partial charge is 0.404 e. The second-order valence-electron chi connectivity index (χ2n) is 3.91. The van der Waals surface area contributed by atoms with E-state index >= 15 is 0 Å². The van der Waals surface area contributed by atoms with Gasteiger partial charge in [-0.05, 0) is 18.2 Å². The molecule has 0 saturated carbocycles. The van der Waals surface area contributed by atoms with E-state index in [1.54, 1.807) is 0 Å². The molecule has 5 nitrogen and oxygen atoms in total. The van der Waals surface area contributed by atoms with Crippen LogP contribution in [-0.4, -0.2) is 24.8 Å². The number of nitrogens with one attached hydrogen (secondary N) is 1. The Kier molecular flexibility index (Phi) is 3.89. The van der Waals surface area contributed by atoms with Gasteiger partial charge in [0.2, 0.25) is 5.91 Å². The maximum atomic E-state index is 12.4. The second kappa shape index (κ2) is 5.31. The minimum Gasteiger partial charge on any atom is -0.404 e. The Hall–Kier alpha value is -1.77. The zero-order chi connectivity index (χ0) is 14.9. The number of hydrogen-bond acceptors (Lipinski definition) is 3.